The number of hydrogen-bond donors (Lipinski definition) is 2. The van der Waals surface area contributed by atoms with Gasteiger partial charge in [0, 0.05) is 5.69 Å². The van der Waals surface area contributed by atoms with Gasteiger partial charge >= 0.3 is 5.97 Å². The van der Waals surface area contributed by atoms with E-state index in [1.54, 1.807) is 19.1 Å². The van der Waals surface area contributed by atoms with Gasteiger partial charge in [-0.2, -0.15) is 0 Å². The summed E-state index contributed by atoms with van der Waals surface area (Å²) in [5.41, 5.74) is 1.11. The van der Waals surface area contributed by atoms with E-state index in [9.17, 15) is 14.0 Å². The zero-order valence-corrected chi connectivity index (χ0v) is 11.7. The van der Waals surface area contributed by atoms with Crippen LogP contribution in [-0.4, -0.2) is 17.0 Å². The third-order valence-electron chi connectivity index (χ3n) is 2.90. The van der Waals surface area contributed by atoms with Crippen molar-refractivity contribution in [2.75, 3.05) is 5.32 Å². The maximum atomic E-state index is 12.9. The lowest BCUT2D eigenvalue weighted by Crippen LogP contribution is -2.13. The minimum Gasteiger partial charge on any atom is -0.478 e. The van der Waals surface area contributed by atoms with Gasteiger partial charge in [-0.25, -0.2) is 9.18 Å². The summed E-state index contributed by atoms with van der Waals surface area (Å²) in [7, 11) is 0. The molecule has 108 valence electrons. The smallest absolute Gasteiger partial charge is 0.336 e. The molecule has 0 aliphatic rings. The van der Waals surface area contributed by atoms with Crippen molar-refractivity contribution < 1.29 is 19.1 Å². The summed E-state index contributed by atoms with van der Waals surface area (Å²) in [4.78, 5) is 23.1. The molecular formula is C15H11ClFNO3. The monoisotopic (exact) mass is 307 g/mol. The highest BCUT2D eigenvalue weighted by Gasteiger charge is 2.13. The van der Waals surface area contributed by atoms with Gasteiger partial charge in [0.25, 0.3) is 5.91 Å². The van der Waals surface area contributed by atoms with Crippen LogP contribution in [0, 0.1) is 12.7 Å². The van der Waals surface area contributed by atoms with E-state index in [1.807, 2.05) is 0 Å². The topological polar surface area (TPSA) is 66.4 Å². The molecule has 6 heteroatoms. The fourth-order valence-electron chi connectivity index (χ4n) is 1.80. The van der Waals surface area contributed by atoms with Gasteiger partial charge in [-0.1, -0.05) is 17.7 Å². The molecule has 1 amide bonds. The molecule has 0 saturated heterocycles. The van der Waals surface area contributed by atoms with Crippen molar-refractivity contribution >= 4 is 29.2 Å². The third-order valence-corrected chi connectivity index (χ3v) is 3.21. The number of aromatic carboxylic acids is 1. The minimum absolute atomic E-state index is 0.0157. The van der Waals surface area contributed by atoms with E-state index >= 15 is 0 Å². The Labute approximate surface area is 125 Å². The van der Waals surface area contributed by atoms with Crippen LogP contribution in [0.4, 0.5) is 10.1 Å². The lowest BCUT2D eigenvalue weighted by atomic mass is 10.1. The summed E-state index contributed by atoms with van der Waals surface area (Å²) in [5.74, 6) is -2.16. The summed E-state index contributed by atoms with van der Waals surface area (Å²) in [5, 5.41) is 11.6. The van der Waals surface area contributed by atoms with Gasteiger partial charge in [0.15, 0.2) is 0 Å². The number of amides is 1. The standard InChI is InChI=1S/C15H11ClFNO3/c1-8-2-4-10(7-12(8)15(20)21)18-14(19)11-5-3-9(17)6-13(11)16/h2-7H,1H3,(H,18,19)(H,20,21). The highest BCUT2D eigenvalue weighted by molar-refractivity contribution is 6.34. The van der Waals surface area contributed by atoms with Crippen molar-refractivity contribution in [1.82, 2.24) is 0 Å². The van der Waals surface area contributed by atoms with E-state index in [1.165, 1.54) is 12.1 Å². The fraction of sp³-hybridized carbons (Fsp3) is 0.0667. The summed E-state index contributed by atoms with van der Waals surface area (Å²) >= 11 is 5.80. The van der Waals surface area contributed by atoms with Crippen LogP contribution < -0.4 is 5.32 Å². The number of carbonyl (C=O) groups excluding carboxylic acids is 1. The van der Waals surface area contributed by atoms with Crippen LogP contribution in [0.1, 0.15) is 26.3 Å². The van der Waals surface area contributed by atoms with Crippen molar-refractivity contribution in [3.8, 4) is 0 Å². The predicted octanol–water partition coefficient (Wildman–Crippen LogP) is 3.74. The Morgan fingerprint density at radius 1 is 1.14 bits per heavy atom. The van der Waals surface area contributed by atoms with Crippen LogP contribution in [0.3, 0.4) is 0 Å². The first-order chi connectivity index (χ1) is 9.88. The lowest BCUT2D eigenvalue weighted by molar-refractivity contribution is 0.0695. The lowest BCUT2D eigenvalue weighted by Gasteiger charge is -2.09. The Morgan fingerprint density at radius 2 is 1.86 bits per heavy atom. The second-order valence-corrected chi connectivity index (χ2v) is 4.82. The van der Waals surface area contributed by atoms with Crippen LogP contribution in [0.2, 0.25) is 5.02 Å². The molecule has 2 aromatic rings. The number of carboxylic acid groups (broad SMARTS) is 1. The van der Waals surface area contributed by atoms with Gasteiger partial charge < -0.3 is 10.4 Å². The van der Waals surface area contributed by atoms with Gasteiger partial charge in [0.1, 0.15) is 5.82 Å². The molecule has 2 rings (SSSR count). The molecule has 0 unspecified atom stereocenters. The molecule has 0 spiro atoms. The molecule has 0 aliphatic carbocycles. The van der Waals surface area contributed by atoms with Gasteiger partial charge in [-0.05, 0) is 42.8 Å². The number of benzene rings is 2. The van der Waals surface area contributed by atoms with E-state index in [0.29, 0.717) is 11.3 Å². The SMILES string of the molecule is Cc1ccc(NC(=O)c2ccc(F)cc2Cl)cc1C(=O)O. The molecule has 2 N–H and O–H groups in total. The van der Waals surface area contributed by atoms with Crippen molar-refractivity contribution in [3.63, 3.8) is 0 Å². The second kappa shape index (κ2) is 5.93. The summed E-state index contributed by atoms with van der Waals surface area (Å²) < 4.78 is 12.9. The van der Waals surface area contributed by atoms with Crippen LogP contribution in [-0.2, 0) is 0 Å². The number of hydrogen-bond acceptors (Lipinski definition) is 2. The van der Waals surface area contributed by atoms with Crippen molar-refractivity contribution in [2.24, 2.45) is 0 Å². The molecule has 0 atom stereocenters. The Morgan fingerprint density at radius 3 is 2.48 bits per heavy atom. The van der Waals surface area contributed by atoms with Crippen molar-refractivity contribution in [3.05, 3.63) is 63.9 Å². The Kier molecular flexibility index (Phi) is 4.23. The maximum absolute atomic E-state index is 12.9. The van der Waals surface area contributed by atoms with Gasteiger partial charge in [0.05, 0.1) is 16.1 Å². The number of anilines is 1. The number of carboxylic acids is 1. The highest BCUT2D eigenvalue weighted by atomic mass is 35.5. The number of nitrogens with one attached hydrogen (secondary N) is 1. The van der Waals surface area contributed by atoms with E-state index in [2.05, 4.69) is 5.32 Å². The zero-order valence-electron chi connectivity index (χ0n) is 11.0. The van der Waals surface area contributed by atoms with Crippen molar-refractivity contribution in [2.45, 2.75) is 6.92 Å². The summed E-state index contributed by atoms with van der Waals surface area (Å²) in [6.07, 6.45) is 0. The molecule has 0 radical (unpaired) electrons. The average molecular weight is 308 g/mol. The molecule has 0 heterocycles. The molecule has 0 bridgehead atoms. The van der Waals surface area contributed by atoms with Crippen molar-refractivity contribution in [1.29, 1.82) is 0 Å². The molecule has 2 aromatic carbocycles. The quantitative estimate of drug-likeness (QED) is 0.907. The van der Waals surface area contributed by atoms with E-state index < -0.39 is 17.7 Å². The summed E-state index contributed by atoms with van der Waals surface area (Å²) in [6.45, 7) is 1.66. The first kappa shape index (κ1) is 15.0. The number of rotatable bonds is 3. The zero-order chi connectivity index (χ0) is 15.6. The predicted molar refractivity (Wildman–Crippen MR) is 77.5 cm³/mol. The molecular weight excluding hydrogens is 297 g/mol. The number of halogens is 2. The normalized spacial score (nSPS) is 10.2. The summed E-state index contributed by atoms with van der Waals surface area (Å²) in [6, 6.07) is 7.95. The molecule has 4 nitrogen and oxygen atoms in total. The van der Waals surface area contributed by atoms with Crippen LogP contribution in [0.15, 0.2) is 36.4 Å². The first-order valence-corrected chi connectivity index (χ1v) is 6.36. The Balaban J connectivity index is 2.27. The number of aryl methyl sites for hydroxylation is 1. The van der Waals surface area contributed by atoms with Crippen LogP contribution in [0.5, 0.6) is 0 Å². The highest BCUT2D eigenvalue weighted by Crippen LogP contribution is 2.20. The van der Waals surface area contributed by atoms with E-state index in [-0.39, 0.29) is 16.1 Å². The minimum atomic E-state index is -1.08. The van der Waals surface area contributed by atoms with E-state index in [0.717, 1.165) is 12.1 Å². The largest absolute Gasteiger partial charge is 0.478 e. The van der Waals surface area contributed by atoms with Gasteiger partial charge in [-0.3, -0.25) is 4.79 Å². The molecule has 0 fully saturated rings. The second-order valence-electron chi connectivity index (χ2n) is 4.41. The molecule has 21 heavy (non-hydrogen) atoms. The maximum Gasteiger partial charge on any atom is 0.336 e. The fourth-order valence-corrected chi connectivity index (χ4v) is 2.06. The van der Waals surface area contributed by atoms with Crippen LogP contribution in [0.25, 0.3) is 0 Å². The third kappa shape index (κ3) is 3.38. The van der Waals surface area contributed by atoms with Crippen LogP contribution >= 0.6 is 11.6 Å². The molecule has 0 aromatic heterocycles. The Bertz CT molecular complexity index is 731. The van der Waals surface area contributed by atoms with Gasteiger partial charge in [0.2, 0.25) is 0 Å². The van der Waals surface area contributed by atoms with E-state index in [4.69, 9.17) is 16.7 Å². The molecule has 0 aliphatic heterocycles. The Hall–Kier alpha value is -2.40. The molecule has 0 saturated carbocycles. The van der Waals surface area contributed by atoms with Gasteiger partial charge in [-0.15, -0.1) is 0 Å². The number of carbonyl (C=O) groups is 2. The first-order valence-electron chi connectivity index (χ1n) is 5.99. The average Bonchev–Trinajstić information content (AvgIpc) is 2.40.